The van der Waals surface area contributed by atoms with Crippen molar-refractivity contribution < 1.29 is 9.32 Å². The third-order valence-corrected chi connectivity index (χ3v) is 5.08. The van der Waals surface area contributed by atoms with E-state index in [9.17, 15) is 4.79 Å². The number of amides is 1. The Labute approximate surface area is 142 Å². The van der Waals surface area contributed by atoms with Crippen LogP contribution < -0.4 is 0 Å². The van der Waals surface area contributed by atoms with E-state index in [1.54, 1.807) is 0 Å². The lowest BCUT2D eigenvalue weighted by molar-refractivity contribution is -0.137. The number of benzene rings is 1. The Morgan fingerprint density at radius 3 is 2.71 bits per heavy atom. The molecule has 0 bridgehead atoms. The number of carbonyl (C=O) groups excluding carboxylic acids is 1. The Morgan fingerprint density at radius 2 is 2.00 bits per heavy atom. The van der Waals surface area contributed by atoms with Gasteiger partial charge < -0.3 is 9.42 Å². The molecule has 0 aliphatic carbocycles. The van der Waals surface area contributed by atoms with E-state index in [2.05, 4.69) is 34.3 Å². The third-order valence-electron chi connectivity index (χ3n) is 5.08. The molecule has 2 aromatic rings. The van der Waals surface area contributed by atoms with Gasteiger partial charge in [-0.3, -0.25) is 9.69 Å². The summed E-state index contributed by atoms with van der Waals surface area (Å²) in [6, 6.07) is 10.3. The van der Waals surface area contributed by atoms with Crippen LogP contribution in [0.5, 0.6) is 0 Å². The van der Waals surface area contributed by atoms with Crippen molar-refractivity contribution in [1.29, 1.82) is 0 Å². The van der Waals surface area contributed by atoms with Crippen molar-refractivity contribution in [3.8, 4) is 0 Å². The van der Waals surface area contributed by atoms with E-state index >= 15 is 0 Å². The number of fused-ring (bicyclic) bond motifs is 1. The Kier molecular flexibility index (Phi) is 4.10. The monoisotopic (exact) mass is 325 g/mol. The first-order chi connectivity index (χ1) is 11.7. The van der Waals surface area contributed by atoms with Crippen molar-refractivity contribution in [3.63, 3.8) is 0 Å². The molecule has 0 N–H and O–H groups in total. The second kappa shape index (κ2) is 6.40. The van der Waals surface area contributed by atoms with Gasteiger partial charge in [0.2, 0.25) is 5.91 Å². The number of aryl methyl sites for hydroxylation is 1. The largest absolute Gasteiger partial charge is 0.360 e. The number of aromatic nitrogens is 1. The summed E-state index contributed by atoms with van der Waals surface area (Å²) in [5, 5.41) is 3.98. The minimum atomic E-state index is -0.108. The van der Waals surface area contributed by atoms with Crippen LogP contribution in [-0.4, -0.2) is 40.0 Å². The average molecular weight is 325 g/mol. The van der Waals surface area contributed by atoms with Crippen LogP contribution >= 0.6 is 0 Å². The molecule has 1 atom stereocenters. The molecule has 0 spiro atoms. The van der Waals surface area contributed by atoms with Gasteiger partial charge in [0, 0.05) is 25.7 Å². The molecule has 1 fully saturated rings. The van der Waals surface area contributed by atoms with E-state index in [1.807, 2.05) is 17.9 Å². The van der Waals surface area contributed by atoms with Gasteiger partial charge in [-0.15, -0.1) is 0 Å². The van der Waals surface area contributed by atoms with Gasteiger partial charge in [-0.1, -0.05) is 29.4 Å². The van der Waals surface area contributed by atoms with Gasteiger partial charge in [0.25, 0.3) is 0 Å². The molecule has 4 rings (SSSR count). The maximum atomic E-state index is 13.1. The van der Waals surface area contributed by atoms with Gasteiger partial charge in [0.05, 0.1) is 18.3 Å². The fourth-order valence-corrected chi connectivity index (χ4v) is 3.83. The Balaban J connectivity index is 1.60. The highest BCUT2D eigenvalue weighted by molar-refractivity contribution is 5.82. The standard InChI is InChI=1S/C19H23N3O2/c1-14-10-17(24-20-14)13-22-12-16-7-3-2-6-15(16)11-18(22)19(23)21-8-4-5-9-21/h2-3,6-7,10,18H,4-5,8-9,11-13H2,1H3. The molecule has 2 aliphatic heterocycles. The predicted octanol–water partition coefficient (Wildman–Crippen LogP) is 2.53. The van der Waals surface area contributed by atoms with Crippen molar-refractivity contribution in [2.24, 2.45) is 0 Å². The lowest BCUT2D eigenvalue weighted by Gasteiger charge is -2.37. The van der Waals surface area contributed by atoms with Crippen molar-refractivity contribution in [2.45, 2.75) is 45.3 Å². The number of rotatable bonds is 3. The summed E-state index contributed by atoms with van der Waals surface area (Å²) < 4.78 is 5.39. The summed E-state index contributed by atoms with van der Waals surface area (Å²) in [6.45, 7) is 5.11. The van der Waals surface area contributed by atoms with E-state index in [4.69, 9.17) is 4.52 Å². The van der Waals surface area contributed by atoms with E-state index in [1.165, 1.54) is 11.1 Å². The summed E-state index contributed by atoms with van der Waals surface area (Å²) in [7, 11) is 0. The molecule has 126 valence electrons. The molecule has 1 saturated heterocycles. The first-order valence-electron chi connectivity index (χ1n) is 8.72. The second-order valence-electron chi connectivity index (χ2n) is 6.86. The van der Waals surface area contributed by atoms with Gasteiger partial charge in [-0.25, -0.2) is 0 Å². The first kappa shape index (κ1) is 15.4. The Morgan fingerprint density at radius 1 is 1.25 bits per heavy atom. The second-order valence-corrected chi connectivity index (χ2v) is 6.86. The average Bonchev–Trinajstić information content (AvgIpc) is 3.25. The zero-order valence-corrected chi connectivity index (χ0v) is 14.1. The van der Waals surface area contributed by atoms with E-state index in [-0.39, 0.29) is 11.9 Å². The zero-order chi connectivity index (χ0) is 16.5. The SMILES string of the molecule is Cc1cc(CN2Cc3ccccc3CC2C(=O)N2CCCC2)on1. The van der Waals surface area contributed by atoms with Gasteiger partial charge in [0.1, 0.15) is 0 Å². The molecule has 3 heterocycles. The lowest BCUT2D eigenvalue weighted by atomic mass is 9.93. The summed E-state index contributed by atoms with van der Waals surface area (Å²) in [6.07, 6.45) is 3.02. The molecule has 0 radical (unpaired) electrons. The molecule has 5 heteroatoms. The number of carbonyl (C=O) groups is 1. The van der Waals surface area contributed by atoms with Crippen LogP contribution in [-0.2, 0) is 24.3 Å². The van der Waals surface area contributed by atoms with Crippen LogP contribution in [0.4, 0.5) is 0 Å². The van der Waals surface area contributed by atoms with Gasteiger partial charge in [-0.2, -0.15) is 0 Å². The number of nitrogens with zero attached hydrogens (tertiary/aromatic N) is 3. The maximum absolute atomic E-state index is 13.1. The van der Waals surface area contributed by atoms with Crippen molar-refractivity contribution in [2.75, 3.05) is 13.1 Å². The predicted molar refractivity (Wildman–Crippen MR) is 90.2 cm³/mol. The van der Waals surface area contributed by atoms with E-state index in [0.29, 0.717) is 6.54 Å². The molecule has 24 heavy (non-hydrogen) atoms. The molecule has 0 saturated carbocycles. The van der Waals surface area contributed by atoms with Crippen molar-refractivity contribution in [1.82, 2.24) is 15.0 Å². The van der Waals surface area contributed by atoms with Crippen LogP contribution in [0.1, 0.15) is 35.4 Å². The third kappa shape index (κ3) is 2.96. The van der Waals surface area contributed by atoms with Crippen LogP contribution in [0.15, 0.2) is 34.9 Å². The van der Waals surface area contributed by atoms with E-state index < -0.39 is 0 Å². The summed E-state index contributed by atoms with van der Waals surface area (Å²) in [4.78, 5) is 17.3. The maximum Gasteiger partial charge on any atom is 0.240 e. The van der Waals surface area contributed by atoms with Gasteiger partial charge in [-0.05, 0) is 37.3 Å². The molecule has 5 nitrogen and oxygen atoms in total. The van der Waals surface area contributed by atoms with Crippen LogP contribution in [0.2, 0.25) is 0 Å². The Bertz CT molecular complexity index is 734. The zero-order valence-electron chi connectivity index (χ0n) is 14.1. The molecule has 1 aromatic heterocycles. The topological polar surface area (TPSA) is 49.6 Å². The molecule has 1 aromatic carbocycles. The fraction of sp³-hybridized carbons (Fsp3) is 0.474. The molecule has 1 amide bonds. The highest BCUT2D eigenvalue weighted by Crippen LogP contribution is 2.27. The molecular formula is C19H23N3O2. The Hall–Kier alpha value is -2.14. The van der Waals surface area contributed by atoms with Crippen molar-refractivity contribution in [3.05, 3.63) is 52.9 Å². The molecule has 2 aliphatic rings. The van der Waals surface area contributed by atoms with Crippen LogP contribution in [0.25, 0.3) is 0 Å². The summed E-state index contributed by atoms with van der Waals surface area (Å²) in [5.74, 6) is 1.09. The highest BCUT2D eigenvalue weighted by atomic mass is 16.5. The highest BCUT2D eigenvalue weighted by Gasteiger charge is 2.35. The van der Waals surface area contributed by atoms with Crippen LogP contribution in [0.3, 0.4) is 0 Å². The normalized spacial score (nSPS) is 21.0. The molecule has 1 unspecified atom stereocenters. The fourth-order valence-electron chi connectivity index (χ4n) is 3.83. The van der Waals surface area contributed by atoms with Gasteiger partial charge in [0.15, 0.2) is 5.76 Å². The van der Waals surface area contributed by atoms with Gasteiger partial charge >= 0.3 is 0 Å². The summed E-state index contributed by atoms with van der Waals surface area (Å²) in [5.41, 5.74) is 3.48. The molecular weight excluding hydrogens is 302 g/mol. The van der Waals surface area contributed by atoms with Crippen molar-refractivity contribution >= 4 is 5.91 Å². The number of hydrogen-bond donors (Lipinski definition) is 0. The quantitative estimate of drug-likeness (QED) is 0.870. The number of hydrogen-bond acceptors (Lipinski definition) is 4. The minimum Gasteiger partial charge on any atom is -0.360 e. The summed E-state index contributed by atoms with van der Waals surface area (Å²) >= 11 is 0. The van der Waals surface area contributed by atoms with Crippen LogP contribution in [0, 0.1) is 6.92 Å². The van der Waals surface area contributed by atoms with E-state index in [0.717, 1.165) is 50.4 Å². The lowest BCUT2D eigenvalue weighted by Crippen LogP contribution is -2.50. The number of likely N-dealkylation sites (tertiary alicyclic amines) is 1. The minimum absolute atomic E-state index is 0.108. The smallest absolute Gasteiger partial charge is 0.240 e. The first-order valence-corrected chi connectivity index (χ1v) is 8.72.